The van der Waals surface area contributed by atoms with Gasteiger partial charge in [0, 0.05) is 29.1 Å². The number of fused-ring (bicyclic) bond motifs is 1. The van der Waals surface area contributed by atoms with Crippen molar-refractivity contribution in [3.63, 3.8) is 0 Å². The Balaban J connectivity index is 1.64. The van der Waals surface area contributed by atoms with E-state index in [1.165, 1.54) is 0 Å². The molecule has 0 fully saturated rings. The van der Waals surface area contributed by atoms with E-state index in [4.69, 9.17) is 16.0 Å². The Morgan fingerprint density at radius 2 is 1.97 bits per heavy atom. The maximum absolute atomic E-state index is 13.2. The monoisotopic (exact) mass is 477 g/mol. The molecule has 0 bridgehead atoms. The number of aromatic nitrogens is 4. The number of halogens is 1. The summed E-state index contributed by atoms with van der Waals surface area (Å²) in [7, 11) is 0. The van der Waals surface area contributed by atoms with Crippen molar-refractivity contribution in [2.75, 3.05) is 5.32 Å². The van der Waals surface area contributed by atoms with Crippen LogP contribution in [0.15, 0.2) is 61.3 Å². The smallest absolute Gasteiger partial charge is 0.439 e. The van der Waals surface area contributed by atoms with E-state index in [0.29, 0.717) is 33.7 Å². The Labute approximate surface area is 197 Å². The Hall–Kier alpha value is -4.11. The van der Waals surface area contributed by atoms with E-state index in [1.54, 1.807) is 31.5 Å². The summed E-state index contributed by atoms with van der Waals surface area (Å²) in [5.74, 6) is -0.0341. The molecule has 0 radical (unpaired) electrons. The molecule has 172 valence electrons. The van der Waals surface area contributed by atoms with Gasteiger partial charge in [-0.1, -0.05) is 22.8 Å². The number of nitrogens with zero attached hydrogens (tertiary/aromatic N) is 2. The second kappa shape index (κ2) is 8.35. The maximum atomic E-state index is 13.2. The van der Waals surface area contributed by atoms with Crippen molar-refractivity contribution in [3.05, 3.63) is 85.3 Å². The number of pyridine rings is 1. The van der Waals surface area contributed by atoms with Gasteiger partial charge in [0.05, 0.1) is 17.1 Å². The number of nitrogens with one attached hydrogen (secondary N) is 3. The van der Waals surface area contributed by atoms with Crippen molar-refractivity contribution in [3.8, 4) is 22.8 Å². The molecule has 1 aromatic carbocycles. The van der Waals surface area contributed by atoms with Gasteiger partial charge in [-0.05, 0) is 50.6 Å². The molecule has 0 aliphatic carbocycles. The molecular formula is C24H20ClN5O4. The third-order valence-electron chi connectivity index (χ3n) is 5.62. The third-order valence-corrected chi connectivity index (χ3v) is 5.83. The van der Waals surface area contributed by atoms with Crippen LogP contribution in [0.2, 0.25) is 5.15 Å². The van der Waals surface area contributed by atoms with E-state index >= 15 is 0 Å². The van der Waals surface area contributed by atoms with E-state index in [1.807, 2.05) is 32.0 Å². The first kappa shape index (κ1) is 21.7. The van der Waals surface area contributed by atoms with Gasteiger partial charge >= 0.3 is 5.76 Å². The highest BCUT2D eigenvalue weighted by Gasteiger charge is 2.21. The number of rotatable bonds is 5. The Morgan fingerprint density at radius 3 is 2.68 bits per heavy atom. The van der Waals surface area contributed by atoms with Crippen LogP contribution in [0.5, 0.6) is 0 Å². The summed E-state index contributed by atoms with van der Waals surface area (Å²) in [6, 6.07) is 8.71. The molecule has 0 saturated heterocycles. The molecule has 34 heavy (non-hydrogen) atoms. The molecule has 0 aliphatic rings. The number of aryl methyl sites for hydroxylation is 1. The normalized spacial score (nSPS) is 12.2. The standard InChI is InChI=1S/C24H20ClN5O4/c1-11-8-15(22-16(9-11)20(31)12(2)21(33-22)14-6-7-26-10-14)13(3)27-17-4-5-18(25)28-19(17)23-29-24(32)34-30-23/h4-10,13,26-27H,1-3H3,(H,29,30,32)/t13-/m1/s1. The molecule has 10 heteroatoms. The van der Waals surface area contributed by atoms with Crippen LogP contribution in [0.4, 0.5) is 5.69 Å². The van der Waals surface area contributed by atoms with Gasteiger partial charge in [-0.15, -0.1) is 0 Å². The van der Waals surface area contributed by atoms with E-state index in [-0.39, 0.29) is 22.4 Å². The zero-order valence-corrected chi connectivity index (χ0v) is 19.3. The molecule has 0 spiro atoms. The van der Waals surface area contributed by atoms with Crippen LogP contribution in [0, 0.1) is 13.8 Å². The van der Waals surface area contributed by atoms with Gasteiger partial charge in [0.25, 0.3) is 0 Å². The number of hydrogen-bond acceptors (Lipinski definition) is 7. The minimum absolute atomic E-state index is 0.0800. The fourth-order valence-corrected chi connectivity index (χ4v) is 4.15. The van der Waals surface area contributed by atoms with Gasteiger partial charge in [0.1, 0.15) is 22.2 Å². The quantitative estimate of drug-likeness (QED) is 0.304. The largest absolute Gasteiger partial charge is 0.455 e. The van der Waals surface area contributed by atoms with Gasteiger partial charge in [-0.25, -0.2) is 9.78 Å². The lowest BCUT2D eigenvalue weighted by atomic mass is 9.99. The molecule has 1 atom stereocenters. The molecule has 3 N–H and O–H groups in total. The van der Waals surface area contributed by atoms with Crippen LogP contribution in [0.25, 0.3) is 33.8 Å². The number of H-pyrrole nitrogens is 2. The molecule has 0 saturated carbocycles. The summed E-state index contributed by atoms with van der Waals surface area (Å²) >= 11 is 6.08. The molecule has 0 unspecified atom stereocenters. The van der Waals surface area contributed by atoms with Crippen molar-refractivity contribution in [2.45, 2.75) is 26.8 Å². The summed E-state index contributed by atoms with van der Waals surface area (Å²) in [5.41, 5.74) is 4.36. The summed E-state index contributed by atoms with van der Waals surface area (Å²) in [6.45, 7) is 5.63. The van der Waals surface area contributed by atoms with Gasteiger partial charge in [-0.2, -0.15) is 0 Å². The van der Waals surface area contributed by atoms with Crippen LogP contribution in [-0.2, 0) is 0 Å². The first-order chi connectivity index (χ1) is 16.3. The zero-order valence-electron chi connectivity index (χ0n) is 18.5. The van der Waals surface area contributed by atoms with E-state index < -0.39 is 5.76 Å². The molecule has 5 rings (SSSR count). The topological polar surface area (TPSA) is 130 Å². The molecule has 4 aromatic heterocycles. The molecule has 4 heterocycles. The van der Waals surface area contributed by atoms with Crippen LogP contribution in [0.1, 0.15) is 29.7 Å². The van der Waals surface area contributed by atoms with Crippen molar-refractivity contribution < 1.29 is 8.94 Å². The van der Waals surface area contributed by atoms with E-state index in [2.05, 4.69) is 29.9 Å². The lowest BCUT2D eigenvalue weighted by Gasteiger charge is -2.19. The maximum Gasteiger partial charge on any atom is 0.439 e. The lowest BCUT2D eigenvalue weighted by Crippen LogP contribution is -2.13. The first-order valence-electron chi connectivity index (χ1n) is 10.5. The molecule has 0 amide bonds. The Bertz CT molecular complexity index is 1630. The summed E-state index contributed by atoms with van der Waals surface area (Å²) in [6.07, 6.45) is 3.57. The average Bonchev–Trinajstić information content (AvgIpc) is 3.49. The highest BCUT2D eigenvalue weighted by molar-refractivity contribution is 6.29. The second-order valence-electron chi connectivity index (χ2n) is 8.06. The minimum atomic E-state index is -0.699. The summed E-state index contributed by atoms with van der Waals surface area (Å²) < 4.78 is 11.0. The Morgan fingerprint density at radius 1 is 1.15 bits per heavy atom. The summed E-state index contributed by atoms with van der Waals surface area (Å²) in [5, 5.41) is 7.84. The van der Waals surface area contributed by atoms with Crippen molar-refractivity contribution >= 4 is 28.3 Å². The SMILES string of the molecule is Cc1cc([C@@H](C)Nc2ccc(Cl)nc2-c2noc(=O)[nH]2)c2oc(-c3cc[nH]c3)c(C)c(=O)c2c1. The van der Waals surface area contributed by atoms with Gasteiger partial charge in [0.15, 0.2) is 5.43 Å². The van der Waals surface area contributed by atoms with E-state index in [0.717, 1.165) is 16.7 Å². The van der Waals surface area contributed by atoms with Crippen LogP contribution in [-0.4, -0.2) is 20.1 Å². The second-order valence-corrected chi connectivity index (χ2v) is 8.44. The first-order valence-corrected chi connectivity index (χ1v) is 10.9. The fourth-order valence-electron chi connectivity index (χ4n) is 4.00. The Kier molecular flexibility index (Phi) is 5.33. The average molecular weight is 478 g/mol. The fraction of sp³-hybridized carbons (Fsp3) is 0.167. The number of benzene rings is 1. The third kappa shape index (κ3) is 3.80. The van der Waals surface area contributed by atoms with Crippen molar-refractivity contribution in [1.82, 2.24) is 20.1 Å². The highest BCUT2D eigenvalue weighted by Crippen LogP contribution is 2.33. The number of aromatic amines is 2. The number of anilines is 1. The van der Waals surface area contributed by atoms with Crippen molar-refractivity contribution in [1.29, 1.82) is 0 Å². The lowest BCUT2D eigenvalue weighted by molar-refractivity contribution is 0.388. The molecule has 5 aromatic rings. The predicted octanol–water partition coefficient (Wildman–Crippen LogP) is 4.97. The van der Waals surface area contributed by atoms with Gasteiger partial charge < -0.3 is 14.7 Å². The van der Waals surface area contributed by atoms with Gasteiger partial charge in [-0.3, -0.25) is 14.3 Å². The van der Waals surface area contributed by atoms with Crippen molar-refractivity contribution in [2.24, 2.45) is 0 Å². The van der Waals surface area contributed by atoms with Gasteiger partial charge in [0.2, 0.25) is 5.82 Å². The number of hydrogen-bond donors (Lipinski definition) is 3. The van der Waals surface area contributed by atoms with Crippen LogP contribution >= 0.6 is 11.6 Å². The van der Waals surface area contributed by atoms with Crippen LogP contribution in [0.3, 0.4) is 0 Å². The van der Waals surface area contributed by atoms with E-state index in [9.17, 15) is 9.59 Å². The molecule has 0 aliphatic heterocycles. The summed E-state index contributed by atoms with van der Waals surface area (Å²) in [4.78, 5) is 34.5. The zero-order chi connectivity index (χ0) is 24.0. The molecular weight excluding hydrogens is 458 g/mol. The predicted molar refractivity (Wildman–Crippen MR) is 129 cm³/mol. The molecule has 9 nitrogen and oxygen atoms in total. The highest BCUT2D eigenvalue weighted by atomic mass is 35.5. The minimum Gasteiger partial charge on any atom is -0.455 e. The van der Waals surface area contributed by atoms with Crippen LogP contribution < -0.4 is 16.5 Å².